The molecule has 2 nitrogen and oxygen atoms in total. The van der Waals surface area contributed by atoms with Crippen LogP contribution in [0.5, 0.6) is 0 Å². The van der Waals surface area contributed by atoms with Crippen LogP contribution in [-0.2, 0) is 10.8 Å². The third kappa shape index (κ3) is 4.38. The van der Waals surface area contributed by atoms with E-state index in [-0.39, 0.29) is 0 Å². The topological polar surface area (TPSA) is 29.1 Å². The normalized spacial score (nSPS) is 28.6. The van der Waals surface area contributed by atoms with Crippen molar-refractivity contribution in [2.45, 2.75) is 44.9 Å². The molecule has 0 amide bonds. The van der Waals surface area contributed by atoms with Gasteiger partial charge in [0.2, 0.25) is 0 Å². The number of hydrogen-bond donors (Lipinski definition) is 1. The zero-order chi connectivity index (χ0) is 12.2. The van der Waals surface area contributed by atoms with E-state index in [0.29, 0.717) is 16.7 Å². The molecular weight excluding hydrogens is 238 g/mol. The van der Waals surface area contributed by atoms with Gasteiger partial charge in [-0.25, -0.2) is 0 Å². The lowest BCUT2D eigenvalue weighted by molar-refractivity contribution is 0.246. The van der Waals surface area contributed by atoms with Crippen molar-refractivity contribution in [2.75, 3.05) is 24.3 Å². The molecule has 3 atom stereocenters. The maximum absolute atomic E-state index is 11.2. The first kappa shape index (κ1) is 14.5. The van der Waals surface area contributed by atoms with Crippen molar-refractivity contribution in [3.63, 3.8) is 0 Å². The summed E-state index contributed by atoms with van der Waals surface area (Å²) in [6.07, 6.45) is 4.11. The van der Waals surface area contributed by atoms with Crippen LogP contribution >= 0.6 is 11.8 Å². The summed E-state index contributed by atoms with van der Waals surface area (Å²) >= 11 is 2.05. The van der Waals surface area contributed by atoms with Gasteiger partial charge in [-0.15, -0.1) is 0 Å². The molecule has 4 heteroatoms. The van der Waals surface area contributed by atoms with Gasteiger partial charge in [-0.3, -0.25) is 4.21 Å². The molecule has 0 saturated carbocycles. The van der Waals surface area contributed by atoms with Crippen LogP contribution in [0.4, 0.5) is 0 Å². The number of nitrogens with one attached hydrogen (secondary N) is 1. The summed E-state index contributed by atoms with van der Waals surface area (Å²) in [5.74, 6) is 2.51. The standard InChI is InChI=1S/C12H25NOS2/c1-10(16(4)14)5-7-13-11-9-15-8-6-12(11,2)3/h10-11,13H,5-9H2,1-4H3. The minimum absolute atomic E-state index is 0.312. The lowest BCUT2D eigenvalue weighted by Crippen LogP contribution is -2.47. The highest BCUT2D eigenvalue weighted by Crippen LogP contribution is 2.34. The zero-order valence-corrected chi connectivity index (χ0v) is 12.5. The largest absolute Gasteiger partial charge is 0.313 e. The Hall–Kier alpha value is 0.460. The van der Waals surface area contributed by atoms with Gasteiger partial charge in [-0.05, 0) is 30.6 Å². The number of rotatable bonds is 5. The highest BCUT2D eigenvalue weighted by molar-refractivity contribution is 7.99. The molecule has 1 N–H and O–H groups in total. The summed E-state index contributed by atoms with van der Waals surface area (Å²) in [5.41, 5.74) is 0.417. The zero-order valence-electron chi connectivity index (χ0n) is 10.9. The Morgan fingerprint density at radius 2 is 2.25 bits per heavy atom. The van der Waals surface area contributed by atoms with Crippen molar-refractivity contribution in [1.29, 1.82) is 0 Å². The van der Waals surface area contributed by atoms with E-state index in [1.54, 1.807) is 6.26 Å². The summed E-state index contributed by atoms with van der Waals surface area (Å²) in [6.45, 7) is 7.77. The van der Waals surface area contributed by atoms with Crippen LogP contribution in [-0.4, -0.2) is 39.8 Å². The molecule has 0 aliphatic carbocycles. The number of hydrogen-bond acceptors (Lipinski definition) is 3. The molecule has 3 unspecified atom stereocenters. The van der Waals surface area contributed by atoms with Crippen molar-refractivity contribution in [1.82, 2.24) is 5.32 Å². The Labute approximate surface area is 107 Å². The van der Waals surface area contributed by atoms with Crippen molar-refractivity contribution < 1.29 is 4.21 Å². The molecule has 0 spiro atoms. The third-order valence-corrected chi connectivity index (χ3v) is 6.06. The Morgan fingerprint density at radius 1 is 1.56 bits per heavy atom. The van der Waals surface area contributed by atoms with Gasteiger partial charge in [0.05, 0.1) is 0 Å². The van der Waals surface area contributed by atoms with Crippen LogP contribution in [0.2, 0.25) is 0 Å². The van der Waals surface area contributed by atoms with Gasteiger partial charge in [0.25, 0.3) is 0 Å². The minimum atomic E-state index is -0.681. The molecular formula is C12H25NOS2. The summed E-state index contributed by atoms with van der Waals surface area (Å²) in [5, 5.41) is 3.95. The molecule has 1 aliphatic rings. The smallest absolute Gasteiger partial charge is 0.0329 e. The van der Waals surface area contributed by atoms with E-state index >= 15 is 0 Å². The van der Waals surface area contributed by atoms with Crippen LogP contribution in [0.1, 0.15) is 33.6 Å². The van der Waals surface area contributed by atoms with Gasteiger partial charge in [0.1, 0.15) is 0 Å². The molecule has 0 bridgehead atoms. The second-order valence-electron chi connectivity index (χ2n) is 5.42. The predicted octanol–water partition coefficient (Wildman–Crippen LogP) is 2.26. The van der Waals surface area contributed by atoms with Crippen molar-refractivity contribution >= 4 is 22.6 Å². The first-order chi connectivity index (χ1) is 7.43. The Kier molecular flexibility index (Phi) is 5.82. The Bertz CT molecular complexity index is 243. The van der Waals surface area contributed by atoms with Gasteiger partial charge in [0, 0.05) is 34.1 Å². The molecule has 1 heterocycles. The molecule has 16 heavy (non-hydrogen) atoms. The molecule has 1 fully saturated rings. The molecule has 1 rings (SSSR count). The van der Waals surface area contributed by atoms with Crippen LogP contribution in [0.15, 0.2) is 0 Å². The maximum atomic E-state index is 11.2. The summed E-state index contributed by atoms with van der Waals surface area (Å²) in [6, 6.07) is 0.615. The fourth-order valence-corrected chi connectivity index (χ4v) is 3.99. The molecule has 96 valence electrons. The second kappa shape index (κ2) is 6.41. The van der Waals surface area contributed by atoms with Gasteiger partial charge < -0.3 is 5.32 Å². The van der Waals surface area contributed by atoms with E-state index in [9.17, 15) is 4.21 Å². The number of thioether (sulfide) groups is 1. The Balaban J connectivity index is 2.28. The SMILES string of the molecule is CC(CCNC1CSCCC1(C)C)S(C)=O. The van der Waals surface area contributed by atoms with E-state index in [0.717, 1.165) is 13.0 Å². The highest BCUT2D eigenvalue weighted by atomic mass is 32.2. The van der Waals surface area contributed by atoms with Crippen LogP contribution in [0, 0.1) is 5.41 Å². The van der Waals surface area contributed by atoms with Crippen molar-refractivity contribution in [2.24, 2.45) is 5.41 Å². The summed E-state index contributed by atoms with van der Waals surface area (Å²) < 4.78 is 11.2. The van der Waals surface area contributed by atoms with E-state index in [4.69, 9.17) is 0 Å². The minimum Gasteiger partial charge on any atom is -0.313 e. The first-order valence-electron chi connectivity index (χ1n) is 6.07. The summed E-state index contributed by atoms with van der Waals surface area (Å²) in [4.78, 5) is 0. The average molecular weight is 263 g/mol. The van der Waals surface area contributed by atoms with Crippen LogP contribution in [0.25, 0.3) is 0 Å². The molecule has 0 radical (unpaired) electrons. The van der Waals surface area contributed by atoms with Crippen LogP contribution in [0.3, 0.4) is 0 Å². The maximum Gasteiger partial charge on any atom is 0.0329 e. The van der Waals surface area contributed by atoms with Gasteiger partial charge >= 0.3 is 0 Å². The Morgan fingerprint density at radius 3 is 2.81 bits per heavy atom. The highest BCUT2D eigenvalue weighted by Gasteiger charge is 2.31. The summed E-state index contributed by atoms with van der Waals surface area (Å²) in [7, 11) is -0.681. The lowest BCUT2D eigenvalue weighted by atomic mass is 9.82. The third-order valence-electron chi connectivity index (χ3n) is 3.63. The second-order valence-corrected chi connectivity index (χ2v) is 8.37. The van der Waals surface area contributed by atoms with E-state index in [2.05, 4.69) is 26.1 Å². The van der Waals surface area contributed by atoms with Crippen LogP contribution < -0.4 is 5.32 Å². The van der Waals surface area contributed by atoms with Gasteiger partial charge in [-0.2, -0.15) is 11.8 Å². The average Bonchev–Trinajstić information content (AvgIpc) is 2.19. The molecule has 0 aromatic heterocycles. The molecule has 1 saturated heterocycles. The van der Waals surface area contributed by atoms with Gasteiger partial charge in [0.15, 0.2) is 0 Å². The van der Waals surface area contributed by atoms with E-state index in [1.165, 1.54) is 17.9 Å². The van der Waals surface area contributed by atoms with E-state index < -0.39 is 10.8 Å². The molecule has 1 aliphatic heterocycles. The predicted molar refractivity (Wildman–Crippen MR) is 75.7 cm³/mol. The monoisotopic (exact) mass is 263 g/mol. The first-order valence-corrected chi connectivity index (χ1v) is 8.84. The van der Waals surface area contributed by atoms with Crippen molar-refractivity contribution in [3.8, 4) is 0 Å². The molecule has 0 aromatic rings. The lowest BCUT2D eigenvalue weighted by Gasteiger charge is -2.39. The fourth-order valence-electron chi connectivity index (χ4n) is 1.90. The quantitative estimate of drug-likeness (QED) is 0.825. The molecule has 0 aromatic carbocycles. The van der Waals surface area contributed by atoms with E-state index in [1.807, 2.05) is 11.8 Å². The fraction of sp³-hybridized carbons (Fsp3) is 1.00. The van der Waals surface area contributed by atoms with Gasteiger partial charge in [-0.1, -0.05) is 20.8 Å². The van der Waals surface area contributed by atoms with Crippen molar-refractivity contribution in [3.05, 3.63) is 0 Å².